The van der Waals surface area contributed by atoms with E-state index in [-0.39, 0.29) is 4.90 Å². The maximum Gasteiger partial charge on any atom is 0.257 e. The Morgan fingerprint density at radius 2 is 1.60 bits per heavy atom. The minimum atomic E-state index is -3.99. The van der Waals surface area contributed by atoms with Crippen LogP contribution >= 0.6 is 0 Å². The first-order chi connectivity index (χ1) is 11.7. The summed E-state index contributed by atoms with van der Waals surface area (Å²) in [5.41, 5.74) is 3.02. The van der Waals surface area contributed by atoms with Crippen LogP contribution < -0.4 is 0 Å². The Morgan fingerprint density at radius 1 is 1.04 bits per heavy atom. The molecule has 5 nitrogen and oxygen atoms in total. The van der Waals surface area contributed by atoms with Crippen molar-refractivity contribution >= 4 is 21.3 Å². The molecule has 0 bridgehead atoms. The molecule has 0 spiro atoms. The first-order valence-corrected chi connectivity index (χ1v) is 10.5. The van der Waals surface area contributed by atoms with Crippen molar-refractivity contribution in [3.63, 3.8) is 0 Å². The summed E-state index contributed by atoms with van der Waals surface area (Å²) in [5, 5.41) is 0. The van der Waals surface area contributed by atoms with Gasteiger partial charge in [-0.25, -0.2) is 12.6 Å². The van der Waals surface area contributed by atoms with Crippen LogP contribution in [0.5, 0.6) is 0 Å². The number of hydrogen-bond acceptors (Lipinski definition) is 4. The summed E-state index contributed by atoms with van der Waals surface area (Å²) in [5.74, 6) is 0. The average molecular weight is 380 g/mol. The van der Waals surface area contributed by atoms with Crippen LogP contribution in [0.2, 0.25) is 0 Å². The van der Waals surface area contributed by atoms with E-state index in [9.17, 15) is 12.6 Å². The molecule has 25 heavy (non-hydrogen) atoms. The summed E-state index contributed by atoms with van der Waals surface area (Å²) in [6, 6.07) is 12.2. The molecule has 1 saturated heterocycles. The van der Waals surface area contributed by atoms with Gasteiger partial charge in [0.25, 0.3) is 21.3 Å². The summed E-state index contributed by atoms with van der Waals surface area (Å²) in [7, 11) is -3.99. The number of rotatable bonds is 3. The topological polar surface area (TPSA) is 63.7 Å². The van der Waals surface area contributed by atoms with Gasteiger partial charge in [0.15, 0.2) is 0 Å². The molecule has 0 saturated carbocycles. The summed E-state index contributed by atoms with van der Waals surface area (Å²) >= 11 is -2.07. The van der Waals surface area contributed by atoms with Gasteiger partial charge < -0.3 is 0 Å². The fourth-order valence-electron chi connectivity index (χ4n) is 3.43. The van der Waals surface area contributed by atoms with Crippen molar-refractivity contribution in [2.75, 3.05) is 0 Å². The molecule has 0 unspecified atom stereocenters. The first-order valence-electron chi connectivity index (χ1n) is 7.99. The van der Waals surface area contributed by atoms with Crippen molar-refractivity contribution in [2.24, 2.45) is 0 Å². The molecular weight excluding hydrogens is 358 g/mol. The van der Waals surface area contributed by atoms with E-state index in [0.29, 0.717) is 11.1 Å². The maximum absolute atomic E-state index is 13.4. The van der Waals surface area contributed by atoms with Crippen LogP contribution in [0, 0.1) is 20.8 Å². The van der Waals surface area contributed by atoms with Crippen molar-refractivity contribution in [2.45, 2.75) is 44.7 Å². The van der Waals surface area contributed by atoms with Gasteiger partial charge in [-0.15, -0.1) is 0 Å². The highest BCUT2D eigenvalue weighted by Crippen LogP contribution is 2.40. The predicted octanol–water partition coefficient (Wildman–Crippen LogP) is 3.34. The number of nitrogens with zero attached hydrogens (tertiary/aromatic N) is 1. The van der Waals surface area contributed by atoms with Gasteiger partial charge in [0.05, 0.1) is 17.0 Å². The monoisotopic (exact) mass is 379 g/mol. The van der Waals surface area contributed by atoms with Gasteiger partial charge in [-0.3, -0.25) is 4.18 Å². The Kier molecular flexibility index (Phi) is 4.85. The molecule has 0 N–H and O–H groups in total. The van der Waals surface area contributed by atoms with E-state index in [2.05, 4.69) is 0 Å². The lowest BCUT2D eigenvalue weighted by Crippen LogP contribution is -2.34. The zero-order valence-corrected chi connectivity index (χ0v) is 16.2. The molecular formula is C18H21NO4S2. The van der Waals surface area contributed by atoms with Crippen molar-refractivity contribution in [3.8, 4) is 0 Å². The average Bonchev–Trinajstić information content (AvgIpc) is 2.81. The van der Waals surface area contributed by atoms with Gasteiger partial charge in [0, 0.05) is 0 Å². The largest absolute Gasteiger partial charge is 0.272 e. The molecule has 134 valence electrons. The molecule has 7 heteroatoms. The van der Waals surface area contributed by atoms with Crippen molar-refractivity contribution in [1.82, 2.24) is 3.71 Å². The van der Waals surface area contributed by atoms with Crippen LogP contribution in [-0.2, 0) is 25.5 Å². The number of hydrogen-bond donors (Lipinski definition) is 0. The molecule has 0 radical (unpaired) electrons. The smallest absolute Gasteiger partial charge is 0.257 e. The number of aryl methyl sites for hydroxylation is 3. The zero-order chi connectivity index (χ0) is 18.4. The van der Waals surface area contributed by atoms with E-state index < -0.39 is 33.4 Å². The van der Waals surface area contributed by atoms with E-state index in [4.69, 9.17) is 4.18 Å². The Morgan fingerprint density at radius 3 is 2.16 bits per heavy atom. The Balaban J connectivity index is 2.17. The quantitative estimate of drug-likeness (QED) is 0.820. The molecule has 0 amide bonds. The summed E-state index contributed by atoms with van der Waals surface area (Å²) in [6.45, 7) is 7.17. The third-order valence-electron chi connectivity index (χ3n) is 4.29. The normalized spacial score (nSPS) is 24.6. The summed E-state index contributed by atoms with van der Waals surface area (Å²) < 4.78 is 45.6. The third kappa shape index (κ3) is 3.17. The van der Waals surface area contributed by atoms with E-state index in [0.717, 1.165) is 14.8 Å². The van der Waals surface area contributed by atoms with Gasteiger partial charge >= 0.3 is 0 Å². The lowest BCUT2D eigenvalue weighted by atomic mass is 10.0. The van der Waals surface area contributed by atoms with Crippen LogP contribution in [0.15, 0.2) is 47.4 Å². The highest BCUT2D eigenvalue weighted by atomic mass is 32.3. The molecule has 1 aliphatic heterocycles. The van der Waals surface area contributed by atoms with E-state index >= 15 is 0 Å². The lowest BCUT2D eigenvalue weighted by Gasteiger charge is -2.24. The van der Waals surface area contributed by atoms with E-state index in [1.165, 1.54) is 0 Å². The summed E-state index contributed by atoms with van der Waals surface area (Å²) in [4.78, 5) is 0.199. The number of sulfonamides is 1. The summed E-state index contributed by atoms with van der Waals surface area (Å²) in [6.07, 6.45) is -0.510. The second-order valence-electron chi connectivity index (χ2n) is 6.36. The van der Waals surface area contributed by atoms with Crippen molar-refractivity contribution < 1.29 is 16.8 Å². The first kappa shape index (κ1) is 18.3. The zero-order valence-electron chi connectivity index (χ0n) is 14.6. The van der Waals surface area contributed by atoms with Crippen molar-refractivity contribution in [1.29, 1.82) is 0 Å². The van der Waals surface area contributed by atoms with Gasteiger partial charge in [-0.1, -0.05) is 51.7 Å². The molecule has 3 rings (SSSR count). The van der Waals surface area contributed by atoms with Crippen LogP contribution in [0.25, 0.3) is 0 Å². The predicted molar refractivity (Wildman–Crippen MR) is 97.6 cm³/mol. The van der Waals surface area contributed by atoms with Gasteiger partial charge in [0.2, 0.25) is 0 Å². The lowest BCUT2D eigenvalue weighted by molar-refractivity contribution is 0.235. The number of benzene rings is 2. The molecule has 1 heterocycles. The van der Waals surface area contributed by atoms with Crippen LogP contribution in [-0.4, -0.2) is 22.4 Å². The fourth-order valence-corrected chi connectivity index (χ4v) is 7.03. The highest BCUT2D eigenvalue weighted by molar-refractivity contribution is 7.99. The van der Waals surface area contributed by atoms with Gasteiger partial charge in [-0.05, 0) is 44.4 Å². The molecule has 3 atom stereocenters. The Bertz CT molecular complexity index is 902. The molecule has 1 fully saturated rings. The Hall–Kier alpha value is -1.54. The molecule has 0 aromatic heterocycles. The van der Waals surface area contributed by atoms with E-state index in [1.807, 2.05) is 49.4 Å². The standard InChI is InChI=1S/C18H21NO4S2/c1-12-10-13(2)18(14(3)11-12)25(21,22)19-17(15(4)23-24(19)20)16-8-6-5-7-9-16/h5-11,15,17H,1-4H3/t15-,17-,24+/m1/s1. The van der Waals surface area contributed by atoms with E-state index in [1.54, 1.807) is 20.8 Å². The minimum absolute atomic E-state index is 0.199. The second-order valence-corrected chi connectivity index (χ2v) is 9.37. The molecule has 1 aliphatic rings. The van der Waals surface area contributed by atoms with Gasteiger partial charge in [0.1, 0.15) is 0 Å². The van der Waals surface area contributed by atoms with Crippen LogP contribution in [0.3, 0.4) is 0 Å². The maximum atomic E-state index is 13.4. The van der Waals surface area contributed by atoms with Crippen molar-refractivity contribution in [3.05, 3.63) is 64.7 Å². The van der Waals surface area contributed by atoms with Gasteiger partial charge in [-0.2, -0.15) is 0 Å². The Labute approximate surface area is 151 Å². The molecule has 0 aliphatic carbocycles. The molecule has 2 aromatic carbocycles. The minimum Gasteiger partial charge on any atom is -0.272 e. The SMILES string of the molecule is Cc1cc(C)c(S(=O)(=O)N2[C@@H](c3ccccc3)[C@@H](C)O[S@@]2=O)c(C)c1. The third-order valence-corrected chi connectivity index (χ3v) is 8.10. The highest BCUT2D eigenvalue weighted by Gasteiger charge is 2.48. The fraction of sp³-hybridized carbons (Fsp3) is 0.333. The van der Waals surface area contributed by atoms with Crippen LogP contribution in [0.1, 0.15) is 35.2 Å². The van der Waals surface area contributed by atoms with Crippen LogP contribution in [0.4, 0.5) is 0 Å². The second kappa shape index (κ2) is 6.64. The molecule has 2 aromatic rings.